The van der Waals surface area contributed by atoms with Crippen LogP contribution >= 0.6 is 11.8 Å². The highest BCUT2D eigenvalue weighted by atomic mass is 32.2. The fourth-order valence-electron chi connectivity index (χ4n) is 1.19. The van der Waals surface area contributed by atoms with Crippen LogP contribution in [0, 0.1) is 12.3 Å². The summed E-state index contributed by atoms with van der Waals surface area (Å²) in [6.45, 7) is 0.702. The Kier molecular flexibility index (Phi) is 5.97. The number of nitrogens with zero attached hydrogens (tertiary/aromatic N) is 1. The Morgan fingerprint density at radius 1 is 1.71 bits per heavy atom. The van der Waals surface area contributed by atoms with Crippen molar-refractivity contribution in [2.24, 2.45) is 0 Å². The summed E-state index contributed by atoms with van der Waals surface area (Å²) in [4.78, 5) is 15.5. The van der Waals surface area contributed by atoms with Gasteiger partial charge in [0.2, 0.25) is 0 Å². The third-order valence-corrected chi connectivity index (χ3v) is 2.80. The van der Waals surface area contributed by atoms with Gasteiger partial charge in [0.15, 0.2) is 0 Å². The van der Waals surface area contributed by atoms with Crippen molar-refractivity contribution in [3.8, 4) is 12.3 Å². The largest absolute Gasteiger partial charge is 0.465 e. The fourth-order valence-corrected chi connectivity index (χ4v) is 1.70. The van der Waals surface area contributed by atoms with Crippen LogP contribution in [0.3, 0.4) is 0 Å². The molecule has 1 rings (SSSR count). The molecule has 0 aliphatic heterocycles. The van der Waals surface area contributed by atoms with E-state index in [1.54, 1.807) is 30.1 Å². The van der Waals surface area contributed by atoms with Crippen LogP contribution < -0.4 is 5.32 Å². The normalized spacial score (nSPS) is 9.41. The van der Waals surface area contributed by atoms with Crippen LogP contribution in [0.1, 0.15) is 10.4 Å². The molecule has 0 spiro atoms. The van der Waals surface area contributed by atoms with Crippen LogP contribution in [0.5, 0.6) is 0 Å². The van der Waals surface area contributed by atoms with Gasteiger partial charge in [-0.05, 0) is 12.1 Å². The summed E-state index contributed by atoms with van der Waals surface area (Å²) in [5.41, 5.74) is 0.442. The van der Waals surface area contributed by atoms with Crippen LogP contribution in [0.2, 0.25) is 0 Å². The Labute approximate surface area is 105 Å². The van der Waals surface area contributed by atoms with Crippen LogP contribution in [0.15, 0.2) is 18.3 Å². The number of hydrogen-bond acceptors (Lipinski definition) is 5. The third-order valence-electron chi connectivity index (χ3n) is 1.94. The number of rotatable bonds is 6. The van der Waals surface area contributed by atoms with E-state index < -0.39 is 5.97 Å². The minimum atomic E-state index is -0.392. The van der Waals surface area contributed by atoms with E-state index in [2.05, 4.69) is 21.0 Å². The van der Waals surface area contributed by atoms with E-state index >= 15 is 0 Å². The summed E-state index contributed by atoms with van der Waals surface area (Å²) in [7, 11) is 1.35. The molecule has 0 atom stereocenters. The lowest BCUT2D eigenvalue weighted by molar-refractivity contribution is 0.0601. The highest BCUT2D eigenvalue weighted by Crippen LogP contribution is 2.12. The molecule has 1 heterocycles. The van der Waals surface area contributed by atoms with E-state index in [1.165, 1.54) is 7.11 Å². The lowest BCUT2D eigenvalue weighted by atomic mass is 10.2. The van der Waals surface area contributed by atoms with E-state index in [4.69, 9.17) is 6.42 Å². The van der Waals surface area contributed by atoms with E-state index in [1.807, 2.05) is 0 Å². The number of anilines is 1. The summed E-state index contributed by atoms with van der Waals surface area (Å²) in [5, 5.41) is 3.09. The van der Waals surface area contributed by atoms with Gasteiger partial charge in [-0.25, -0.2) is 9.78 Å². The van der Waals surface area contributed by atoms with E-state index in [-0.39, 0.29) is 0 Å². The summed E-state index contributed by atoms with van der Waals surface area (Å²) < 4.78 is 4.67. The molecule has 0 aliphatic carbocycles. The Hall–Kier alpha value is -1.67. The minimum absolute atomic E-state index is 0.392. The number of esters is 1. The lowest BCUT2D eigenvalue weighted by Gasteiger charge is -2.08. The van der Waals surface area contributed by atoms with Crippen molar-refractivity contribution in [2.75, 3.05) is 30.5 Å². The Bertz CT molecular complexity index is 415. The number of terminal acetylenes is 1. The van der Waals surface area contributed by atoms with Crippen molar-refractivity contribution in [1.29, 1.82) is 0 Å². The van der Waals surface area contributed by atoms with Gasteiger partial charge in [-0.2, -0.15) is 0 Å². The van der Waals surface area contributed by atoms with Crippen molar-refractivity contribution < 1.29 is 9.53 Å². The van der Waals surface area contributed by atoms with E-state index in [9.17, 15) is 4.79 Å². The molecule has 0 aromatic carbocycles. The zero-order valence-corrected chi connectivity index (χ0v) is 10.4. The Balaban J connectivity index is 2.53. The molecule has 1 aromatic rings. The number of ether oxygens (including phenoxy) is 1. The van der Waals surface area contributed by atoms with Crippen LogP contribution in [-0.4, -0.2) is 36.1 Å². The van der Waals surface area contributed by atoms with E-state index in [0.29, 0.717) is 23.7 Å². The van der Waals surface area contributed by atoms with Gasteiger partial charge < -0.3 is 10.1 Å². The van der Waals surface area contributed by atoms with Crippen molar-refractivity contribution in [3.05, 3.63) is 23.9 Å². The number of thioether (sulfide) groups is 1. The highest BCUT2D eigenvalue weighted by Gasteiger charge is 2.11. The van der Waals surface area contributed by atoms with Gasteiger partial charge in [-0.1, -0.05) is 5.92 Å². The number of aromatic nitrogens is 1. The fraction of sp³-hybridized carbons (Fsp3) is 0.333. The number of nitrogens with one attached hydrogen (secondary N) is 1. The molecule has 0 amide bonds. The van der Waals surface area contributed by atoms with Crippen molar-refractivity contribution in [2.45, 2.75) is 0 Å². The predicted octanol–water partition coefficient (Wildman–Crippen LogP) is 1.65. The standard InChI is InChI=1S/C12H14N2O2S/c1-3-8-17-9-7-14-11-10(12(15)16-2)5-4-6-13-11/h1,4-6H,7-9H2,2H3,(H,13,14). The first-order valence-corrected chi connectivity index (χ1v) is 6.23. The second-order valence-electron chi connectivity index (χ2n) is 3.07. The predicted molar refractivity (Wildman–Crippen MR) is 70.2 cm³/mol. The molecule has 5 heteroatoms. The molecule has 0 bridgehead atoms. The number of carbonyl (C=O) groups excluding carboxylic acids is 1. The number of carbonyl (C=O) groups is 1. The summed E-state index contributed by atoms with van der Waals surface area (Å²) >= 11 is 1.65. The molecular weight excluding hydrogens is 236 g/mol. The van der Waals surface area contributed by atoms with Crippen molar-refractivity contribution >= 4 is 23.5 Å². The van der Waals surface area contributed by atoms with Gasteiger partial charge in [0.25, 0.3) is 0 Å². The first-order chi connectivity index (χ1) is 8.29. The number of pyridine rings is 1. The third kappa shape index (κ3) is 4.37. The Morgan fingerprint density at radius 2 is 2.53 bits per heavy atom. The lowest BCUT2D eigenvalue weighted by Crippen LogP contribution is -2.12. The molecule has 17 heavy (non-hydrogen) atoms. The maximum absolute atomic E-state index is 11.4. The van der Waals surface area contributed by atoms with Crippen LogP contribution in [0.25, 0.3) is 0 Å². The first kappa shape index (κ1) is 13.4. The topological polar surface area (TPSA) is 51.2 Å². The second-order valence-corrected chi connectivity index (χ2v) is 4.18. The molecule has 0 unspecified atom stereocenters. The number of methoxy groups -OCH3 is 1. The van der Waals surface area contributed by atoms with Crippen molar-refractivity contribution in [1.82, 2.24) is 4.98 Å². The molecule has 0 saturated heterocycles. The van der Waals surface area contributed by atoms with Gasteiger partial charge >= 0.3 is 5.97 Å². The number of hydrogen-bond donors (Lipinski definition) is 1. The van der Waals surface area contributed by atoms with Gasteiger partial charge in [0.1, 0.15) is 11.4 Å². The molecule has 0 radical (unpaired) electrons. The van der Waals surface area contributed by atoms with Gasteiger partial charge in [-0.3, -0.25) is 0 Å². The van der Waals surface area contributed by atoms with Crippen molar-refractivity contribution in [3.63, 3.8) is 0 Å². The van der Waals surface area contributed by atoms with Gasteiger partial charge in [-0.15, -0.1) is 18.2 Å². The summed E-state index contributed by atoms with van der Waals surface area (Å²) in [6.07, 6.45) is 6.77. The zero-order valence-electron chi connectivity index (χ0n) is 9.60. The average molecular weight is 250 g/mol. The average Bonchev–Trinajstić information content (AvgIpc) is 2.38. The molecule has 90 valence electrons. The zero-order chi connectivity index (χ0) is 12.5. The second kappa shape index (κ2) is 7.58. The summed E-state index contributed by atoms with van der Waals surface area (Å²) in [6, 6.07) is 3.38. The molecule has 1 N–H and O–H groups in total. The van der Waals surface area contributed by atoms with Gasteiger partial charge in [0.05, 0.1) is 12.9 Å². The van der Waals surface area contributed by atoms with Gasteiger partial charge in [0, 0.05) is 18.5 Å². The SMILES string of the molecule is C#CCSCCNc1ncccc1C(=O)OC. The molecule has 4 nitrogen and oxygen atoms in total. The molecule has 1 aromatic heterocycles. The molecule has 0 saturated carbocycles. The van der Waals surface area contributed by atoms with Crippen LogP contribution in [0.4, 0.5) is 5.82 Å². The maximum atomic E-state index is 11.4. The molecule has 0 fully saturated rings. The molecule has 0 aliphatic rings. The highest BCUT2D eigenvalue weighted by molar-refractivity contribution is 7.99. The summed E-state index contributed by atoms with van der Waals surface area (Å²) in [5.74, 6) is 4.25. The van der Waals surface area contributed by atoms with Crippen LogP contribution in [-0.2, 0) is 4.74 Å². The molecular formula is C12H14N2O2S. The monoisotopic (exact) mass is 250 g/mol. The maximum Gasteiger partial charge on any atom is 0.341 e. The quantitative estimate of drug-likeness (QED) is 0.472. The first-order valence-electron chi connectivity index (χ1n) is 5.08. The van der Waals surface area contributed by atoms with E-state index in [0.717, 1.165) is 5.75 Å². The Morgan fingerprint density at radius 3 is 3.24 bits per heavy atom. The smallest absolute Gasteiger partial charge is 0.341 e. The minimum Gasteiger partial charge on any atom is -0.465 e.